The van der Waals surface area contributed by atoms with Crippen molar-refractivity contribution >= 4 is 52.5 Å². The van der Waals surface area contributed by atoms with Gasteiger partial charge in [0.2, 0.25) is 5.91 Å². The quantitative estimate of drug-likeness (QED) is 0.308. The van der Waals surface area contributed by atoms with Crippen molar-refractivity contribution in [2.75, 3.05) is 24.4 Å². The van der Waals surface area contributed by atoms with E-state index in [0.29, 0.717) is 35.9 Å². The topological polar surface area (TPSA) is 153 Å². The zero-order chi connectivity index (χ0) is 29.1. The van der Waals surface area contributed by atoms with Gasteiger partial charge in [0.1, 0.15) is 0 Å². The van der Waals surface area contributed by atoms with Gasteiger partial charge in [-0.05, 0) is 45.7 Å². The number of rotatable bonds is 11. The second-order valence-corrected chi connectivity index (χ2v) is 10.4. The molecule has 12 nitrogen and oxygen atoms in total. The zero-order valence-corrected chi connectivity index (χ0v) is 22.8. The smallest absolute Gasteiger partial charge is 0.272 e. The lowest BCUT2D eigenvalue weighted by atomic mass is 9.49. The van der Waals surface area contributed by atoms with Crippen LogP contribution < -0.4 is 20.7 Å². The van der Waals surface area contributed by atoms with Crippen LogP contribution in [0.1, 0.15) is 49.9 Å². The van der Waals surface area contributed by atoms with Crippen LogP contribution in [0.15, 0.2) is 28.8 Å². The van der Waals surface area contributed by atoms with Crippen LogP contribution >= 0.6 is 0 Å². The molecule has 2 aromatic heterocycles. The molecule has 202 valence electrons. The van der Waals surface area contributed by atoms with Crippen LogP contribution in [-0.4, -0.2) is 80.2 Å². The minimum absolute atomic E-state index is 0.0652. The van der Waals surface area contributed by atoms with Crippen molar-refractivity contribution in [3.8, 4) is 17.2 Å². The van der Waals surface area contributed by atoms with Crippen molar-refractivity contribution in [2.24, 2.45) is 5.92 Å². The van der Waals surface area contributed by atoms with Gasteiger partial charge in [0.25, 0.3) is 11.8 Å². The molecule has 0 bridgehead atoms. The monoisotopic (exact) mass is 539 g/mol. The molecule has 1 aliphatic carbocycles. The molecule has 1 aromatic carbocycles. The van der Waals surface area contributed by atoms with E-state index in [0.717, 1.165) is 12.8 Å². The summed E-state index contributed by atoms with van der Waals surface area (Å²) in [4.78, 5) is 29.6. The second kappa shape index (κ2) is 11.7. The second-order valence-electron chi connectivity index (χ2n) is 10.4. The SMILES string of the molecule is [B]C([B])([B])NC(=O)c1nnc(NC(=O)C2CC2)cc1Nc1cccc(-c2nc(CCOC(C)(C)C)no2)c1OC. The summed E-state index contributed by atoms with van der Waals surface area (Å²) in [6.45, 7) is 6.33. The molecule has 0 saturated heterocycles. The Kier molecular flexibility index (Phi) is 8.52. The van der Waals surface area contributed by atoms with Gasteiger partial charge in [-0.2, -0.15) is 4.98 Å². The zero-order valence-electron chi connectivity index (χ0n) is 22.8. The predicted molar refractivity (Wildman–Crippen MR) is 150 cm³/mol. The van der Waals surface area contributed by atoms with Gasteiger partial charge in [-0.15, -0.1) is 10.2 Å². The minimum Gasteiger partial charge on any atom is -0.494 e. The first-order chi connectivity index (χ1) is 18.8. The van der Waals surface area contributed by atoms with E-state index in [9.17, 15) is 9.59 Å². The van der Waals surface area contributed by atoms with Crippen LogP contribution in [0.25, 0.3) is 11.5 Å². The molecule has 3 N–H and O–H groups in total. The van der Waals surface area contributed by atoms with E-state index in [4.69, 9.17) is 37.5 Å². The van der Waals surface area contributed by atoms with Gasteiger partial charge >= 0.3 is 0 Å². The molecule has 4 rings (SSSR count). The van der Waals surface area contributed by atoms with Crippen molar-refractivity contribution in [3.05, 3.63) is 35.8 Å². The average molecular weight is 539 g/mol. The maximum Gasteiger partial charge on any atom is 0.272 e. The number of methoxy groups -OCH3 is 1. The Bertz CT molecular complexity index is 1380. The van der Waals surface area contributed by atoms with Gasteiger partial charge < -0.3 is 29.9 Å². The number of nitrogens with one attached hydrogen (secondary N) is 3. The molecule has 0 unspecified atom stereocenters. The lowest BCUT2D eigenvalue weighted by molar-refractivity contribution is -0.117. The van der Waals surface area contributed by atoms with Crippen LogP contribution in [0.4, 0.5) is 17.2 Å². The standard InChI is InChI=1S/C25H28B3N7O5/c1-24(2,3)39-11-10-17-31-23(40-35-17)14-6-5-7-15(20(14)38-4)29-16-12-18(30-21(36)13-8-9-13)33-34-19(16)22(37)32-25(26,27)28/h5-7,12-13H,8-11H2,1-4H3,(H,32,37)(H2,29,30,33,36). The number of hydrogen-bond donors (Lipinski definition) is 3. The third-order valence-electron chi connectivity index (χ3n) is 5.59. The van der Waals surface area contributed by atoms with Gasteiger partial charge in [-0.25, -0.2) is 0 Å². The van der Waals surface area contributed by atoms with Crippen LogP contribution in [0.5, 0.6) is 5.75 Å². The first-order valence-corrected chi connectivity index (χ1v) is 12.6. The Balaban J connectivity index is 1.63. The van der Waals surface area contributed by atoms with Gasteiger partial charge in [0.15, 0.2) is 23.1 Å². The predicted octanol–water partition coefficient (Wildman–Crippen LogP) is 1.83. The third kappa shape index (κ3) is 7.84. The maximum atomic E-state index is 12.9. The summed E-state index contributed by atoms with van der Waals surface area (Å²) in [6, 6.07) is 6.65. The van der Waals surface area contributed by atoms with Crippen molar-refractivity contribution in [1.82, 2.24) is 25.7 Å². The average Bonchev–Trinajstić information content (AvgIpc) is 3.61. The fourth-order valence-corrected chi connectivity index (χ4v) is 3.63. The van der Waals surface area contributed by atoms with Crippen LogP contribution in [-0.2, 0) is 16.0 Å². The van der Waals surface area contributed by atoms with E-state index in [1.807, 2.05) is 20.8 Å². The maximum absolute atomic E-state index is 12.9. The van der Waals surface area contributed by atoms with Crippen LogP contribution in [0.3, 0.4) is 0 Å². The molecule has 6 radical (unpaired) electrons. The molecular formula is C25H28B3N7O5. The van der Waals surface area contributed by atoms with Gasteiger partial charge in [0, 0.05) is 18.4 Å². The van der Waals surface area contributed by atoms with Crippen LogP contribution in [0, 0.1) is 5.92 Å². The van der Waals surface area contributed by atoms with Crippen molar-refractivity contribution < 1.29 is 23.6 Å². The summed E-state index contributed by atoms with van der Waals surface area (Å²) in [5.74, 6) is 0.157. The minimum atomic E-state index is -2.00. The Morgan fingerprint density at radius 2 is 1.88 bits per heavy atom. The molecule has 0 atom stereocenters. The summed E-state index contributed by atoms with van der Waals surface area (Å²) >= 11 is 0. The molecule has 40 heavy (non-hydrogen) atoms. The van der Waals surface area contributed by atoms with E-state index in [1.54, 1.807) is 18.2 Å². The molecule has 15 heteroatoms. The van der Waals surface area contributed by atoms with Crippen molar-refractivity contribution in [2.45, 2.75) is 50.9 Å². The Hall–Kier alpha value is -3.87. The molecule has 2 heterocycles. The lowest BCUT2D eigenvalue weighted by Gasteiger charge is -2.23. The molecule has 1 saturated carbocycles. The molecule has 3 aromatic rings. The Morgan fingerprint density at radius 1 is 1.12 bits per heavy atom. The number of ether oxygens (including phenoxy) is 2. The first kappa shape index (κ1) is 29.1. The molecule has 0 aliphatic heterocycles. The highest BCUT2D eigenvalue weighted by atomic mass is 16.5. The normalized spacial score (nSPS) is 13.5. The number of amides is 2. The molecule has 0 spiro atoms. The highest BCUT2D eigenvalue weighted by Crippen LogP contribution is 2.38. The van der Waals surface area contributed by atoms with Crippen molar-refractivity contribution in [1.29, 1.82) is 0 Å². The number of anilines is 3. The summed E-state index contributed by atoms with van der Waals surface area (Å²) in [7, 11) is 18.1. The van der Waals surface area contributed by atoms with Crippen LogP contribution in [0.2, 0.25) is 0 Å². The fraction of sp³-hybridized carbons (Fsp3) is 0.440. The third-order valence-corrected chi connectivity index (χ3v) is 5.59. The van der Waals surface area contributed by atoms with E-state index in [2.05, 4.69) is 36.3 Å². The number of carbonyl (C=O) groups is 2. The summed E-state index contributed by atoms with van der Waals surface area (Å²) in [5, 5.41) is 18.0. The van der Waals surface area contributed by atoms with Gasteiger partial charge in [0.05, 0.1) is 59.8 Å². The molecule has 1 aliphatic rings. The highest BCUT2D eigenvalue weighted by Gasteiger charge is 2.30. The highest BCUT2D eigenvalue weighted by molar-refractivity contribution is 6.60. The number of hydrogen-bond acceptors (Lipinski definition) is 10. The van der Waals surface area contributed by atoms with Crippen molar-refractivity contribution in [3.63, 3.8) is 0 Å². The Morgan fingerprint density at radius 3 is 2.52 bits per heavy atom. The summed E-state index contributed by atoms with van der Waals surface area (Å²) in [6.07, 6.45) is 2.07. The largest absolute Gasteiger partial charge is 0.494 e. The number of benzene rings is 1. The fourth-order valence-electron chi connectivity index (χ4n) is 3.63. The van der Waals surface area contributed by atoms with Gasteiger partial charge in [-0.1, -0.05) is 16.5 Å². The molecular weight excluding hydrogens is 511 g/mol. The lowest BCUT2D eigenvalue weighted by Crippen LogP contribution is -2.50. The molecule has 1 fully saturated rings. The summed E-state index contributed by atoms with van der Waals surface area (Å²) < 4.78 is 16.9. The van der Waals surface area contributed by atoms with E-state index < -0.39 is 11.1 Å². The Labute approximate surface area is 236 Å². The molecule has 2 amide bonds. The number of nitrogens with zero attached hydrogens (tertiary/aromatic N) is 4. The summed E-state index contributed by atoms with van der Waals surface area (Å²) in [5.41, 5.74) is 0.638. The number of carbonyl (C=O) groups excluding carboxylic acids is 2. The van der Waals surface area contributed by atoms with E-state index in [1.165, 1.54) is 13.2 Å². The van der Waals surface area contributed by atoms with Gasteiger partial charge in [-0.3, -0.25) is 9.59 Å². The number of aromatic nitrogens is 4. The van der Waals surface area contributed by atoms with E-state index in [-0.39, 0.29) is 40.5 Å². The first-order valence-electron chi connectivity index (χ1n) is 12.6. The number of para-hydroxylation sites is 1. The van der Waals surface area contributed by atoms with E-state index >= 15 is 0 Å².